The van der Waals surface area contributed by atoms with E-state index in [2.05, 4.69) is 27.6 Å². The van der Waals surface area contributed by atoms with Crippen molar-refractivity contribution in [3.05, 3.63) is 59.2 Å². The SMILES string of the molecule is C[C@@H]1Oc2cc(C3C[C@H](NS(C)(=O)=O)[C@@H]4COC5CCC(CC5)c5ccccc5OC(C)(C)C(=O)N4C3)ccc2C2CCC(CC2)OCC2[C@@H](NS(C)(=O)=O)CCCN2C1=O. The third kappa shape index (κ3) is 10.1. The van der Waals surface area contributed by atoms with Crippen molar-refractivity contribution in [2.45, 2.75) is 157 Å². The summed E-state index contributed by atoms with van der Waals surface area (Å²) in [5.74, 6) is 0.923. The Morgan fingerprint density at radius 2 is 1.26 bits per heavy atom. The quantitative estimate of drug-likeness (QED) is 0.420. The van der Waals surface area contributed by atoms with E-state index in [4.69, 9.17) is 18.9 Å². The normalized spacial score (nSPS) is 33.7. The number of nitrogens with zero attached hydrogens (tertiary/aromatic N) is 2. The van der Waals surface area contributed by atoms with Crippen LogP contribution in [0.5, 0.6) is 11.5 Å². The standard InChI is InChI=1S/C45H64N4O10S2/c1-28-43(50)48-22-8-10-37(46-60(4,52)53)39(48)26-56-33-19-14-30(15-20-33)36-21-16-31(24-42(36)58-28)32-23-38(47-61(5,54)55)40-27-57-34-17-12-29(13-18-34)35-9-6-7-11-41(35)59-45(2,3)44(51)49(40)25-32/h6-7,9,11,16,21,24,28-30,32-34,37-40,46-47H,8,10,12-15,17-20,22-23,25-27H2,1-5H3/t28-,29?,30?,32?,33?,34?,37-,38-,39?,40-/m0/s1. The molecule has 2 amide bonds. The molecule has 6 atom stereocenters. The zero-order valence-corrected chi connectivity index (χ0v) is 37.8. The van der Waals surface area contributed by atoms with Crippen LogP contribution in [0.1, 0.15) is 126 Å². The molecule has 8 aliphatic rings. The van der Waals surface area contributed by atoms with Crippen LogP contribution in [-0.2, 0) is 39.1 Å². The van der Waals surface area contributed by atoms with Gasteiger partial charge in [-0.2, -0.15) is 0 Å². The van der Waals surface area contributed by atoms with Crippen LogP contribution < -0.4 is 18.9 Å². The lowest BCUT2D eigenvalue weighted by molar-refractivity contribution is -0.153. The number of ether oxygens (including phenoxy) is 4. The van der Waals surface area contributed by atoms with Crippen LogP contribution in [0.2, 0.25) is 0 Å². The average Bonchev–Trinajstić information content (AvgIpc) is 3.22. The zero-order chi connectivity index (χ0) is 43.3. The smallest absolute Gasteiger partial charge is 0.266 e. The first kappa shape index (κ1) is 44.3. The second kappa shape index (κ2) is 17.7. The number of nitrogens with one attached hydrogen (secondary N) is 2. The van der Waals surface area contributed by atoms with Crippen LogP contribution >= 0.6 is 0 Å². The van der Waals surface area contributed by atoms with Crippen LogP contribution in [0.3, 0.4) is 0 Å². The van der Waals surface area contributed by atoms with Crippen molar-refractivity contribution in [2.24, 2.45) is 0 Å². The van der Waals surface area contributed by atoms with Crippen molar-refractivity contribution in [3.8, 4) is 11.5 Å². The van der Waals surface area contributed by atoms with Crippen molar-refractivity contribution in [3.63, 3.8) is 0 Å². The van der Waals surface area contributed by atoms with E-state index in [1.807, 2.05) is 24.3 Å². The second-order valence-electron chi connectivity index (χ2n) is 19.0. The van der Waals surface area contributed by atoms with Gasteiger partial charge < -0.3 is 28.7 Å². The van der Waals surface area contributed by atoms with Crippen LogP contribution in [0.25, 0.3) is 0 Å². The molecule has 0 radical (unpaired) electrons. The number of para-hydroxylation sites is 1. The molecule has 2 saturated carbocycles. The maximum Gasteiger partial charge on any atom is 0.266 e. The van der Waals surface area contributed by atoms with E-state index < -0.39 is 55.9 Å². The lowest BCUT2D eigenvalue weighted by Crippen LogP contribution is -2.64. The summed E-state index contributed by atoms with van der Waals surface area (Å²) in [4.78, 5) is 32.8. The third-order valence-corrected chi connectivity index (χ3v) is 15.5. The molecule has 2 N–H and O–H groups in total. The molecule has 6 aliphatic heterocycles. The summed E-state index contributed by atoms with van der Waals surface area (Å²) in [6.07, 6.45) is 9.95. The number of sulfonamides is 2. The van der Waals surface area contributed by atoms with Gasteiger partial charge in [0, 0.05) is 31.1 Å². The van der Waals surface area contributed by atoms with Crippen molar-refractivity contribution >= 4 is 31.9 Å². The van der Waals surface area contributed by atoms with Gasteiger partial charge in [-0.15, -0.1) is 0 Å². The van der Waals surface area contributed by atoms with E-state index in [-0.39, 0.29) is 61.5 Å². The lowest BCUT2D eigenvalue weighted by Gasteiger charge is -2.47. The van der Waals surface area contributed by atoms with E-state index >= 15 is 0 Å². The Labute approximate surface area is 361 Å². The van der Waals surface area contributed by atoms with Crippen molar-refractivity contribution in [1.82, 2.24) is 19.2 Å². The van der Waals surface area contributed by atoms with Gasteiger partial charge >= 0.3 is 0 Å². The molecule has 10 rings (SSSR count). The monoisotopic (exact) mass is 884 g/mol. The van der Waals surface area contributed by atoms with Crippen molar-refractivity contribution in [2.75, 3.05) is 38.8 Å². The summed E-state index contributed by atoms with van der Waals surface area (Å²) in [5, 5.41) is 0. The Kier molecular flexibility index (Phi) is 12.9. The molecule has 2 unspecified atom stereocenters. The largest absolute Gasteiger partial charge is 0.481 e. The molecule has 2 aromatic carbocycles. The Bertz CT molecular complexity index is 2150. The van der Waals surface area contributed by atoms with Crippen LogP contribution in [0, 0.1) is 0 Å². The fourth-order valence-electron chi connectivity index (χ4n) is 11.0. The minimum absolute atomic E-state index is 0.00286. The first-order chi connectivity index (χ1) is 28.9. The molecule has 2 aromatic rings. The number of hydrogen-bond donors (Lipinski definition) is 2. The highest BCUT2D eigenvalue weighted by Crippen LogP contribution is 2.44. The highest BCUT2D eigenvalue weighted by Gasteiger charge is 2.47. The molecule has 2 saturated heterocycles. The minimum atomic E-state index is -3.71. The molecule has 6 heterocycles. The number of amides is 2. The van der Waals surface area contributed by atoms with Gasteiger partial charge in [0.2, 0.25) is 20.0 Å². The van der Waals surface area contributed by atoms with Crippen LogP contribution in [-0.4, -0.2) is 125 Å². The Morgan fingerprint density at radius 1 is 0.689 bits per heavy atom. The Hall–Kier alpha value is -3.28. The first-order valence-corrected chi connectivity index (χ1v) is 26.1. The van der Waals surface area contributed by atoms with Crippen LogP contribution in [0.4, 0.5) is 0 Å². The number of carbonyl (C=O) groups is 2. The number of hydrogen-bond acceptors (Lipinski definition) is 10. The molecular weight excluding hydrogens is 821 g/mol. The summed E-state index contributed by atoms with van der Waals surface area (Å²) in [7, 11) is -7.24. The first-order valence-electron chi connectivity index (χ1n) is 22.3. The zero-order valence-electron chi connectivity index (χ0n) is 36.2. The van der Waals surface area contributed by atoms with Gasteiger partial charge in [-0.05, 0) is 132 Å². The van der Waals surface area contributed by atoms with Gasteiger partial charge in [0.05, 0.1) is 50.0 Å². The fourth-order valence-corrected chi connectivity index (χ4v) is 12.6. The molecular formula is C45H64N4O10S2. The molecule has 14 nitrogen and oxygen atoms in total. The van der Waals surface area contributed by atoms with E-state index in [1.165, 1.54) is 0 Å². The third-order valence-electron chi connectivity index (χ3n) is 14.1. The van der Waals surface area contributed by atoms with Gasteiger partial charge in [-0.1, -0.05) is 30.3 Å². The highest BCUT2D eigenvalue weighted by atomic mass is 32.2. The van der Waals surface area contributed by atoms with Gasteiger partial charge in [-0.25, -0.2) is 26.3 Å². The van der Waals surface area contributed by atoms with E-state index in [9.17, 15) is 26.4 Å². The second-order valence-corrected chi connectivity index (χ2v) is 22.6. The van der Waals surface area contributed by atoms with E-state index in [0.29, 0.717) is 37.3 Å². The fraction of sp³-hybridized carbons (Fsp3) is 0.689. The van der Waals surface area contributed by atoms with Gasteiger partial charge in [-0.3, -0.25) is 9.59 Å². The molecule has 16 heteroatoms. The number of fused-ring (bicyclic) bond motifs is 10. The lowest BCUT2D eigenvalue weighted by atomic mass is 9.80. The van der Waals surface area contributed by atoms with Crippen molar-refractivity contribution < 1.29 is 45.4 Å². The summed E-state index contributed by atoms with van der Waals surface area (Å²) in [5.41, 5.74) is 1.67. The highest BCUT2D eigenvalue weighted by molar-refractivity contribution is 7.89. The molecule has 2 aliphatic carbocycles. The van der Waals surface area contributed by atoms with Gasteiger partial charge in [0.1, 0.15) is 11.5 Å². The Balaban J connectivity index is 1.14. The maximum atomic E-state index is 15.0. The predicted molar refractivity (Wildman–Crippen MR) is 231 cm³/mol. The number of piperidine rings is 2. The average molecular weight is 885 g/mol. The summed E-state index contributed by atoms with van der Waals surface area (Å²) in [6.45, 7) is 6.47. The van der Waals surface area contributed by atoms with E-state index in [1.54, 1.807) is 30.6 Å². The van der Waals surface area contributed by atoms with Crippen LogP contribution in [0.15, 0.2) is 42.5 Å². The minimum Gasteiger partial charge on any atom is -0.481 e. The molecule has 61 heavy (non-hydrogen) atoms. The Morgan fingerprint density at radius 3 is 1.89 bits per heavy atom. The summed E-state index contributed by atoms with van der Waals surface area (Å²) < 4.78 is 83.1. The topological polar surface area (TPSA) is 170 Å². The number of rotatable bonds is 5. The molecule has 0 spiro atoms. The van der Waals surface area contributed by atoms with Crippen molar-refractivity contribution in [1.29, 1.82) is 0 Å². The summed E-state index contributed by atoms with van der Waals surface area (Å²) >= 11 is 0. The molecule has 336 valence electrons. The maximum absolute atomic E-state index is 15.0. The van der Waals surface area contributed by atoms with Gasteiger partial charge in [0.25, 0.3) is 11.8 Å². The molecule has 0 aromatic heterocycles. The van der Waals surface area contributed by atoms with E-state index in [0.717, 1.165) is 80.6 Å². The predicted octanol–water partition coefficient (Wildman–Crippen LogP) is 4.94. The van der Waals surface area contributed by atoms with Gasteiger partial charge in [0.15, 0.2) is 11.7 Å². The molecule has 4 fully saturated rings. The molecule has 4 bridgehead atoms. The summed E-state index contributed by atoms with van der Waals surface area (Å²) in [6, 6.07) is 11.9. The number of benzene rings is 2. The number of carbonyl (C=O) groups excluding carboxylic acids is 2.